The quantitative estimate of drug-likeness (QED) is 0.843. The Kier molecular flexibility index (Phi) is 3.10. The van der Waals surface area contributed by atoms with Gasteiger partial charge in [-0.3, -0.25) is 4.79 Å². The van der Waals surface area contributed by atoms with Crippen LogP contribution in [-0.2, 0) is 4.79 Å². The lowest BCUT2D eigenvalue weighted by molar-refractivity contribution is -0.142. The van der Waals surface area contributed by atoms with Crippen LogP contribution in [0.25, 0.3) is 0 Å². The molecule has 4 bridgehead atoms. The van der Waals surface area contributed by atoms with Gasteiger partial charge in [0, 0.05) is 19.5 Å². The molecule has 1 aliphatic heterocycles. The minimum atomic E-state index is -0.288. The van der Waals surface area contributed by atoms with Gasteiger partial charge in [0.1, 0.15) is 0 Å². The van der Waals surface area contributed by atoms with Gasteiger partial charge in [0.2, 0.25) is 5.91 Å². The summed E-state index contributed by atoms with van der Waals surface area (Å²) in [6, 6.07) is 0. The first-order chi connectivity index (χ1) is 9.62. The summed E-state index contributed by atoms with van der Waals surface area (Å²) in [5.41, 5.74) is 0.342. The zero-order valence-corrected chi connectivity index (χ0v) is 12.4. The van der Waals surface area contributed by atoms with E-state index in [0.717, 1.165) is 43.6 Å². The topological polar surface area (TPSA) is 40.5 Å². The van der Waals surface area contributed by atoms with Crippen LogP contribution in [0.2, 0.25) is 0 Å². The smallest absolute Gasteiger partial charge is 0.223 e. The first-order valence-electron chi connectivity index (χ1n) is 8.58. The van der Waals surface area contributed by atoms with Crippen LogP contribution in [0, 0.1) is 23.2 Å². The Balaban J connectivity index is 1.44. The summed E-state index contributed by atoms with van der Waals surface area (Å²) in [5, 5.41) is 9.76. The van der Waals surface area contributed by atoms with Crippen LogP contribution in [0.3, 0.4) is 0 Å². The number of β-amino-alcohol motifs (C(OH)–C–C–N with tert-alkyl or cyclic N) is 1. The van der Waals surface area contributed by atoms with Crippen molar-refractivity contribution in [3.8, 4) is 0 Å². The van der Waals surface area contributed by atoms with Crippen molar-refractivity contribution in [2.45, 2.75) is 63.9 Å². The molecule has 1 heterocycles. The highest BCUT2D eigenvalue weighted by Crippen LogP contribution is 2.61. The van der Waals surface area contributed by atoms with Gasteiger partial charge in [-0.05, 0) is 74.5 Å². The lowest BCUT2D eigenvalue weighted by atomic mass is 9.49. The molecule has 5 aliphatic rings. The zero-order valence-electron chi connectivity index (χ0n) is 12.4. The number of hydrogen-bond acceptors (Lipinski definition) is 2. The van der Waals surface area contributed by atoms with Crippen LogP contribution in [0.15, 0.2) is 0 Å². The van der Waals surface area contributed by atoms with Crippen LogP contribution in [0.1, 0.15) is 57.8 Å². The van der Waals surface area contributed by atoms with Gasteiger partial charge < -0.3 is 10.0 Å². The summed E-state index contributed by atoms with van der Waals surface area (Å²) >= 11 is 0. The largest absolute Gasteiger partial charge is 0.391 e. The molecule has 0 radical (unpaired) electrons. The van der Waals surface area contributed by atoms with Crippen molar-refractivity contribution in [3.63, 3.8) is 0 Å². The van der Waals surface area contributed by atoms with E-state index in [4.69, 9.17) is 0 Å². The Bertz CT molecular complexity index is 371. The van der Waals surface area contributed by atoms with E-state index >= 15 is 0 Å². The van der Waals surface area contributed by atoms with Gasteiger partial charge in [0.05, 0.1) is 6.10 Å². The fraction of sp³-hybridized carbons (Fsp3) is 0.941. The molecule has 5 fully saturated rings. The summed E-state index contributed by atoms with van der Waals surface area (Å²) in [5.74, 6) is 3.08. The predicted molar refractivity (Wildman–Crippen MR) is 77.0 cm³/mol. The molecular formula is C17H27NO2. The van der Waals surface area contributed by atoms with Crippen molar-refractivity contribution in [2.24, 2.45) is 23.2 Å². The van der Waals surface area contributed by atoms with Gasteiger partial charge in [-0.2, -0.15) is 0 Å². The van der Waals surface area contributed by atoms with Gasteiger partial charge in [0.15, 0.2) is 0 Å². The van der Waals surface area contributed by atoms with Crippen molar-refractivity contribution >= 4 is 5.91 Å². The Hall–Kier alpha value is -0.570. The molecule has 112 valence electrons. The number of piperidine rings is 1. The lowest BCUT2D eigenvalue weighted by Gasteiger charge is -2.57. The van der Waals surface area contributed by atoms with E-state index in [2.05, 4.69) is 0 Å². The molecule has 20 heavy (non-hydrogen) atoms. The van der Waals surface area contributed by atoms with Crippen LogP contribution < -0.4 is 0 Å². The zero-order chi connectivity index (χ0) is 13.7. The summed E-state index contributed by atoms with van der Waals surface area (Å²) in [6.07, 6.45) is 10.5. The maximum absolute atomic E-state index is 12.6. The maximum Gasteiger partial charge on any atom is 0.223 e. The second-order valence-electron chi connectivity index (χ2n) is 8.23. The molecule has 1 atom stereocenters. The van der Waals surface area contributed by atoms with Crippen molar-refractivity contribution in [2.75, 3.05) is 13.1 Å². The van der Waals surface area contributed by atoms with Crippen molar-refractivity contribution in [1.29, 1.82) is 0 Å². The van der Waals surface area contributed by atoms with Crippen molar-refractivity contribution in [3.05, 3.63) is 0 Å². The lowest BCUT2D eigenvalue weighted by Crippen LogP contribution is -2.50. The number of aliphatic hydroxyl groups is 1. The molecule has 0 spiro atoms. The molecule has 1 saturated heterocycles. The minimum absolute atomic E-state index is 0.288. The molecule has 0 aromatic rings. The highest BCUT2D eigenvalue weighted by Gasteiger charge is 2.51. The highest BCUT2D eigenvalue weighted by atomic mass is 16.3. The Morgan fingerprint density at radius 2 is 1.70 bits per heavy atom. The number of carbonyl (C=O) groups is 1. The Morgan fingerprint density at radius 1 is 1.10 bits per heavy atom. The second-order valence-corrected chi connectivity index (χ2v) is 8.23. The van der Waals surface area contributed by atoms with Gasteiger partial charge in [-0.15, -0.1) is 0 Å². The average Bonchev–Trinajstić information content (AvgIpc) is 2.36. The maximum atomic E-state index is 12.6. The summed E-state index contributed by atoms with van der Waals surface area (Å²) in [7, 11) is 0. The molecule has 3 nitrogen and oxygen atoms in total. The van der Waals surface area contributed by atoms with Gasteiger partial charge >= 0.3 is 0 Å². The third kappa shape index (κ3) is 2.28. The van der Waals surface area contributed by atoms with Gasteiger partial charge in [0.25, 0.3) is 0 Å². The van der Waals surface area contributed by atoms with E-state index < -0.39 is 0 Å². The second kappa shape index (κ2) is 4.72. The van der Waals surface area contributed by atoms with E-state index in [0.29, 0.717) is 17.9 Å². The van der Waals surface area contributed by atoms with Crippen molar-refractivity contribution < 1.29 is 9.90 Å². The van der Waals surface area contributed by atoms with E-state index in [-0.39, 0.29) is 6.10 Å². The summed E-state index contributed by atoms with van der Waals surface area (Å²) in [4.78, 5) is 14.6. The number of nitrogens with zero attached hydrogens (tertiary/aromatic N) is 1. The Labute approximate surface area is 121 Å². The molecule has 0 aromatic carbocycles. The number of aliphatic hydroxyl groups excluding tert-OH is 1. The molecule has 4 saturated carbocycles. The molecule has 1 unspecified atom stereocenters. The SMILES string of the molecule is O=C(CC12CC3CC(CC(C3)C1)C2)N1CCCC(O)C1. The molecule has 5 rings (SSSR count). The third-order valence-corrected chi connectivity index (χ3v) is 6.44. The number of carbonyl (C=O) groups excluding carboxylic acids is 1. The summed E-state index contributed by atoms with van der Waals surface area (Å²) < 4.78 is 0. The molecule has 1 N–H and O–H groups in total. The van der Waals surface area contributed by atoms with Crippen LogP contribution in [0.5, 0.6) is 0 Å². The predicted octanol–water partition coefficient (Wildman–Crippen LogP) is 2.58. The molecule has 1 amide bonds. The first kappa shape index (κ1) is 13.1. The minimum Gasteiger partial charge on any atom is -0.391 e. The monoisotopic (exact) mass is 277 g/mol. The molecule has 3 heteroatoms. The van der Waals surface area contributed by atoms with E-state index in [1.165, 1.54) is 38.5 Å². The van der Waals surface area contributed by atoms with E-state index in [1.807, 2.05) is 4.90 Å². The number of hydrogen-bond donors (Lipinski definition) is 1. The standard InChI is InChI=1S/C17H27NO2/c19-15-2-1-3-18(11-15)16(20)10-17-7-12-4-13(8-17)6-14(5-12)9-17/h12-15,19H,1-11H2. The molecular weight excluding hydrogens is 250 g/mol. The highest BCUT2D eigenvalue weighted by molar-refractivity contribution is 5.77. The summed E-state index contributed by atoms with van der Waals surface area (Å²) in [6.45, 7) is 1.44. The Morgan fingerprint density at radius 3 is 2.25 bits per heavy atom. The van der Waals surface area contributed by atoms with Crippen LogP contribution >= 0.6 is 0 Å². The third-order valence-electron chi connectivity index (χ3n) is 6.44. The molecule has 0 aromatic heterocycles. The number of amides is 1. The van der Waals surface area contributed by atoms with Crippen LogP contribution in [-0.4, -0.2) is 35.1 Å². The average molecular weight is 277 g/mol. The first-order valence-corrected chi connectivity index (χ1v) is 8.58. The fourth-order valence-corrected chi connectivity index (χ4v) is 6.12. The number of rotatable bonds is 2. The van der Waals surface area contributed by atoms with Crippen LogP contribution in [0.4, 0.5) is 0 Å². The molecule has 4 aliphatic carbocycles. The fourth-order valence-electron chi connectivity index (χ4n) is 6.12. The van der Waals surface area contributed by atoms with E-state index in [9.17, 15) is 9.90 Å². The van der Waals surface area contributed by atoms with E-state index in [1.54, 1.807) is 0 Å². The normalized spacial score (nSPS) is 46.8. The number of likely N-dealkylation sites (tertiary alicyclic amines) is 1. The van der Waals surface area contributed by atoms with Gasteiger partial charge in [-0.25, -0.2) is 0 Å². The van der Waals surface area contributed by atoms with Gasteiger partial charge in [-0.1, -0.05) is 0 Å². The van der Waals surface area contributed by atoms with Crippen molar-refractivity contribution in [1.82, 2.24) is 4.90 Å².